The maximum atomic E-state index is 10.9. The molecule has 1 aromatic rings. The molecule has 0 fully saturated rings. The average Bonchev–Trinajstić information content (AvgIpc) is 2.16. The van der Waals surface area contributed by atoms with E-state index in [0.717, 1.165) is 0 Å². The quantitative estimate of drug-likeness (QED) is 0.664. The third-order valence-corrected chi connectivity index (χ3v) is 1.98. The summed E-state index contributed by atoms with van der Waals surface area (Å²) in [7, 11) is 1.21. The number of methoxy groups -OCH3 is 1. The molecule has 0 atom stereocenters. The van der Waals surface area contributed by atoms with E-state index >= 15 is 0 Å². The number of halogens is 1. The number of hydrogen-bond donors (Lipinski definition) is 1. The molecule has 1 rings (SSSR count). The molecule has 0 saturated carbocycles. The Morgan fingerprint density at radius 3 is 2.73 bits per heavy atom. The summed E-state index contributed by atoms with van der Waals surface area (Å²) >= 11 is 3.10. The molecule has 0 saturated heterocycles. The van der Waals surface area contributed by atoms with Crippen molar-refractivity contribution in [3.63, 3.8) is 0 Å². The van der Waals surface area contributed by atoms with E-state index in [-0.39, 0.29) is 5.69 Å². The number of nitro benzene ring substituents is 1. The Balaban J connectivity index is 2.98. The molecule has 0 aliphatic heterocycles. The van der Waals surface area contributed by atoms with Gasteiger partial charge in [0.05, 0.1) is 17.7 Å². The maximum Gasteiger partial charge on any atom is 0.411 e. The van der Waals surface area contributed by atoms with Crippen LogP contribution in [-0.4, -0.2) is 18.1 Å². The summed E-state index contributed by atoms with van der Waals surface area (Å²) < 4.78 is 4.86. The van der Waals surface area contributed by atoms with Gasteiger partial charge in [-0.05, 0) is 6.07 Å². The molecule has 0 spiro atoms. The molecule has 80 valence electrons. The SMILES string of the molecule is COC(=O)Nc1cc(Br)cc([N+](=O)[O-])c1. The van der Waals surface area contributed by atoms with E-state index in [9.17, 15) is 14.9 Å². The molecule has 6 nitrogen and oxygen atoms in total. The number of nitrogens with zero attached hydrogens (tertiary/aromatic N) is 1. The molecule has 0 bridgehead atoms. The number of amides is 1. The minimum absolute atomic E-state index is 0.115. The first-order valence-electron chi connectivity index (χ1n) is 3.83. The van der Waals surface area contributed by atoms with E-state index < -0.39 is 11.0 Å². The van der Waals surface area contributed by atoms with Crippen molar-refractivity contribution in [1.29, 1.82) is 0 Å². The minimum Gasteiger partial charge on any atom is -0.453 e. The Labute approximate surface area is 93.5 Å². The summed E-state index contributed by atoms with van der Waals surface area (Å²) in [5, 5.41) is 12.8. The number of anilines is 1. The van der Waals surface area contributed by atoms with Gasteiger partial charge in [0, 0.05) is 16.6 Å². The molecule has 1 aromatic carbocycles. The normalized spacial score (nSPS) is 9.47. The number of nitrogens with one attached hydrogen (secondary N) is 1. The van der Waals surface area contributed by atoms with Gasteiger partial charge >= 0.3 is 6.09 Å². The number of ether oxygens (including phenoxy) is 1. The highest BCUT2D eigenvalue weighted by atomic mass is 79.9. The van der Waals surface area contributed by atoms with Crippen molar-refractivity contribution >= 4 is 33.4 Å². The molecular formula is C8H7BrN2O4. The lowest BCUT2D eigenvalue weighted by Crippen LogP contribution is -2.11. The smallest absolute Gasteiger partial charge is 0.411 e. The van der Waals surface area contributed by atoms with Gasteiger partial charge in [0.25, 0.3) is 5.69 Å². The largest absolute Gasteiger partial charge is 0.453 e. The molecule has 0 aromatic heterocycles. The lowest BCUT2D eigenvalue weighted by molar-refractivity contribution is -0.384. The van der Waals surface area contributed by atoms with Gasteiger partial charge in [-0.1, -0.05) is 15.9 Å². The molecule has 0 unspecified atom stereocenters. The standard InChI is InChI=1S/C8H7BrN2O4/c1-15-8(12)10-6-2-5(9)3-7(4-6)11(13)14/h2-4H,1H3,(H,10,12). The Morgan fingerprint density at radius 1 is 1.53 bits per heavy atom. The van der Waals surface area contributed by atoms with Crippen molar-refractivity contribution in [3.8, 4) is 0 Å². The fraction of sp³-hybridized carbons (Fsp3) is 0.125. The summed E-state index contributed by atoms with van der Waals surface area (Å²) in [5.74, 6) is 0. The number of rotatable bonds is 2. The average molecular weight is 275 g/mol. The summed E-state index contributed by atoms with van der Waals surface area (Å²) in [6.45, 7) is 0. The number of benzene rings is 1. The third kappa shape index (κ3) is 3.21. The van der Waals surface area contributed by atoms with Crippen molar-refractivity contribution in [2.45, 2.75) is 0 Å². The van der Waals surface area contributed by atoms with Crippen LogP contribution in [0.4, 0.5) is 16.2 Å². The number of carbonyl (C=O) groups is 1. The van der Waals surface area contributed by atoms with Crippen LogP contribution in [0.3, 0.4) is 0 Å². The number of non-ortho nitro benzene ring substituents is 1. The lowest BCUT2D eigenvalue weighted by atomic mass is 10.3. The fourth-order valence-corrected chi connectivity index (χ4v) is 1.40. The highest BCUT2D eigenvalue weighted by Crippen LogP contribution is 2.24. The Morgan fingerprint density at radius 2 is 2.20 bits per heavy atom. The Bertz CT molecular complexity index is 408. The molecule has 0 heterocycles. The first kappa shape index (κ1) is 11.4. The zero-order valence-corrected chi connectivity index (χ0v) is 9.28. The van der Waals surface area contributed by atoms with Crippen molar-refractivity contribution in [1.82, 2.24) is 0 Å². The Hall–Kier alpha value is -1.63. The number of hydrogen-bond acceptors (Lipinski definition) is 4. The second kappa shape index (κ2) is 4.74. The van der Waals surface area contributed by atoms with Crippen molar-refractivity contribution in [2.75, 3.05) is 12.4 Å². The number of nitro groups is 1. The van der Waals surface area contributed by atoms with Gasteiger partial charge in [-0.15, -0.1) is 0 Å². The molecule has 0 aliphatic rings. The van der Waals surface area contributed by atoms with Crippen molar-refractivity contribution < 1.29 is 14.5 Å². The van der Waals surface area contributed by atoms with E-state index in [1.165, 1.54) is 25.3 Å². The van der Waals surface area contributed by atoms with E-state index in [4.69, 9.17) is 0 Å². The lowest BCUT2D eigenvalue weighted by Gasteiger charge is -2.03. The van der Waals surface area contributed by atoms with Crippen LogP contribution in [0.25, 0.3) is 0 Å². The van der Waals surface area contributed by atoms with Crippen LogP contribution in [-0.2, 0) is 4.74 Å². The van der Waals surface area contributed by atoms with Crippen LogP contribution in [0, 0.1) is 10.1 Å². The first-order valence-corrected chi connectivity index (χ1v) is 4.62. The van der Waals surface area contributed by atoms with E-state index in [0.29, 0.717) is 10.2 Å². The highest BCUT2D eigenvalue weighted by Gasteiger charge is 2.10. The fourth-order valence-electron chi connectivity index (χ4n) is 0.921. The molecular weight excluding hydrogens is 268 g/mol. The van der Waals surface area contributed by atoms with Crippen LogP contribution < -0.4 is 5.32 Å². The molecule has 0 aliphatic carbocycles. The van der Waals surface area contributed by atoms with Gasteiger partial charge in [0.1, 0.15) is 0 Å². The number of carbonyl (C=O) groups excluding carboxylic acids is 1. The summed E-state index contributed by atoms with van der Waals surface area (Å²) in [6, 6.07) is 4.11. The molecule has 0 radical (unpaired) electrons. The second-order valence-electron chi connectivity index (χ2n) is 2.57. The topological polar surface area (TPSA) is 81.5 Å². The maximum absolute atomic E-state index is 10.9. The molecule has 1 N–H and O–H groups in total. The van der Waals surface area contributed by atoms with Crippen LogP contribution in [0.5, 0.6) is 0 Å². The van der Waals surface area contributed by atoms with Crippen molar-refractivity contribution in [3.05, 3.63) is 32.8 Å². The van der Waals surface area contributed by atoms with Gasteiger partial charge in [0.15, 0.2) is 0 Å². The Kier molecular flexibility index (Phi) is 3.62. The first-order chi connectivity index (χ1) is 7.02. The summed E-state index contributed by atoms with van der Waals surface area (Å²) in [4.78, 5) is 20.8. The highest BCUT2D eigenvalue weighted by molar-refractivity contribution is 9.10. The van der Waals surface area contributed by atoms with Gasteiger partial charge in [-0.2, -0.15) is 0 Å². The van der Waals surface area contributed by atoms with E-state index in [1.54, 1.807) is 0 Å². The minimum atomic E-state index is -0.678. The van der Waals surface area contributed by atoms with E-state index in [1.807, 2.05) is 0 Å². The van der Waals surface area contributed by atoms with Gasteiger partial charge in [-0.3, -0.25) is 15.4 Å². The zero-order chi connectivity index (χ0) is 11.4. The summed E-state index contributed by atoms with van der Waals surface area (Å²) in [6.07, 6.45) is -0.678. The summed E-state index contributed by atoms with van der Waals surface area (Å²) in [5.41, 5.74) is 0.179. The predicted octanol–water partition coefficient (Wildman–Crippen LogP) is 2.54. The molecule has 15 heavy (non-hydrogen) atoms. The third-order valence-electron chi connectivity index (χ3n) is 1.53. The van der Waals surface area contributed by atoms with E-state index in [2.05, 4.69) is 26.0 Å². The molecule has 1 amide bonds. The van der Waals surface area contributed by atoms with Gasteiger partial charge in [-0.25, -0.2) is 4.79 Å². The second-order valence-corrected chi connectivity index (χ2v) is 3.49. The monoisotopic (exact) mass is 274 g/mol. The van der Waals surface area contributed by atoms with Crippen LogP contribution in [0.1, 0.15) is 0 Å². The van der Waals surface area contributed by atoms with Gasteiger partial charge < -0.3 is 4.74 Å². The van der Waals surface area contributed by atoms with Crippen LogP contribution in [0.2, 0.25) is 0 Å². The van der Waals surface area contributed by atoms with Crippen LogP contribution >= 0.6 is 15.9 Å². The van der Waals surface area contributed by atoms with Gasteiger partial charge in [0.2, 0.25) is 0 Å². The predicted molar refractivity (Wildman–Crippen MR) is 56.8 cm³/mol. The zero-order valence-electron chi connectivity index (χ0n) is 7.69. The van der Waals surface area contributed by atoms with Crippen LogP contribution in [0.15, 0.2) is 22.7 Å². The van der Waals surface area contributed by atoms with Crippen molar-refractivity contribution in [2.24, 2.45) is 0 Å². The molecule has 7 heteroatoms.